The van der Waals surface area contributed by atoms with E-state index < -0.39 is 0 Å². The summed E-state index contributed by atoms with van der Waals surface area (Å²) in [6.07, 6.45) is 0. The highest BCUT2D eigenvalue weighted by molar-refractivity contribution is 7.17. The number of aromatic nitrogens is 2. The van der Waals surface area contributed by atoms with Gasteiger partial charge in [-0.3, -0.25) is 5.10 Å². The largest absolute Gasteiger partial charge is 0.462 e. The first-order valence-electron chi connectivity index (χ1n) is 6.00. The number of ether oxygens (including phenoxy) is 1. The van der Waals surface area contributed by atoms with Crippen LogP contribution in [0.15, 0.2) is 36.4 Å². The molecular formula is C14H12N2O2S. The molecule has 0 saturated heterocycles. The summed E-state index contributed by atoms with van der Waals surface area (Å²) >= 11 is 1.40. The van der Waals surface area contributed by atoms with Gasteiger partial charge >= 0.3 is 5.97 Å². The topological polar surface area (TPSA) is 55.0 Å². The molecule has 3 rings (SSSR count). The molecule has 1 N–H and O–H groups in total. The predicted octanol–water partition coefficient (Wildman–Crippen LogP) is 3.47. The van der Waals surface area contributed by atoms with Crippen LogP contribution in [0.1, 0.15) is 16.6 Å². The minimum absolute atomic E-state index is 0.279. The normalized spacial score (nSPS) is 10.8. The summed E-state index contributed by atoms with van der Waals surface area (Å²) in [5.74, 6) is -0.279. The first-order chi connectivity index (χ1) is 9.29. The summed E-state index contributed by atoms with van der Waals surface area (Å²) in [7, 11) is 0. The number of nitrogens with one attached hydrogen (secondary N) is 1. The molecule has 0 aliphatic carbocycles. The minimum Gasteiger partial charge on any atom is -0.462 e. The predicted molar refractivity (Wildman–Crippen MR) is 75.4 cm³/mol. The fourth-order valence-electron chi connectivity index (χ4n) is 1.93. The quantitative estimate of drug-likeness (QED) is 0.743. The van der Waals surface area contributed by atoms with Crippen molar-refractivity contribution in [3.8, 4) is 10.6 Å². The second-order valence-corrected chi connectivity index (χ2v) is 5.09. The number of hydrogen-bond donors (Lipinski definition) is 1. The highest BCUT2D eigenvalue weighted by Gasteiger charge is 2.14. The fourth-order valence-corrected chi connectivity index (χ4v) is 2.83. The van der Waals surface area contributed by atoms with E-state index in [-0.39, 0.29) is 5.97 Å². The number of hydrogen-bond acceptors (Lipinski definition) is 4. The summed E-state index contributed by atoms with van der Waals surface area (Å²) < 4.78 is 4.99. The maximum Gasteiger partial charge on any atom is 0.348 e. The van der Waals surface area contributed by atoms with Gasteiger partial charge in [0.05, 0.1) is 17.0 Å². The molecule has 0 unspecified atom stereocenters. The smallest absolute Gasteiger partial charge is 0.348 e. The van der Waals surface area contributed by atoms with Crippen molar-refractivity contribution in [2.24, 2.45) is 0 Å². The summed E-state index contributed by atoms with van der Waals surface area (Å²) in [4.78, 5) is 13.2. The zero-order valence-electron chi connectivity index (χ0n) is 10.3. The summed E-state index contributed by atoms with van der Waals surface area (Å²) in [6, 6.07) is 11.6. The molecule has 0 fully saturated rings. The third-order valence-electron chi connectivity index (χ3n) is 2.79. The number of para-hydroxylation sites is 1. The van der Waals surface area contributed by atoms with Gasteiger partial charge in [-0.15, -0.1) is 11.3 Å². The molecule has 0 spiro atoms. The number of benzene rings is 1. The Morgan fingerprint density at radius 3 is 3.00 bits per heavy atom. The Morgan fingerprint density at radius 1 is 1.32 bits per heavy atom. The van der Waals surface area contributed by atoms with Gasteiger partial charge < -0.3 is 4.74 Å². The molecule has 96 valence electrons. The van der Waals surface area contributed by atoms with Gasteiger partial charge in [-0.2, -0.15) is 5.10 Å². The molecule has 0 aliphatic heterocycles. The molecule has 0 radical (unpaired) electrons. The standard InChI is InChI=1S/C14H12N2O2S/c1-2-18-14(17)12-8-7-11(19-12)13-9-5-3-4-6-10(9)15-16-13/h3-8H,2H2,1H3,(H,15,16). The molecular weight excluding hydrogens is 260 g/mol. The van der Waals surface area contributed by atoms with Crippen molar-refractivity contribution in [1.29, 1.82) is 0 Å². The fraction of sp³-hybridized carbons (Fsp3) is 0.143. The highest BCUT2D eigenvalue weighted by atomic mass is 32.1. The molecule has 19 heavy (non-hydrogen) atoms. The number of carbonyl (C=O) groups is 1. The van der Waals surface area contributed by atoms with E-state index >= 15 is 0 Å². The van der Waals surface area contributed by atoms with Crippen LogP contribution in [0.4, 0.5) is 0 Å². The average molecular weight is 272 g/mol. The van der Waals surface area contributed by atoms with Crippen LogP contribution in [0.3, 0.4) is 0 Å². The number of thiophene rings is 1. The number of carbonyl (C=O) groups excluding carboxylic acids is 1. The lowest BCUT2D eigenvalue weighted by molar-refractivity contribution is 0.0532. The summed E-state index contributed by atoms with van der Waals surface area (Å²) in [5.41, 5.74) is 1.86. The van der Waals surface area contributed by atoms with Crippen LogP contribution in [0.25, 0.3) is 21.5 Å². The molecule has 0 aliphatic rings. The van der Waals surface area contributed by atoms with Gasteiger partial charge in [0.15, 0.2) is 0 Å². The average Bonchev–Trinajstić information content (AvgIpc) is 3.05. The van der Waals surface area contributed by atoms with E-state index in [1.165, 1.54) is 11.3 Å². The zero-order valence-corrected chi connectivity index (χ0v) is 11.2. The third kappa shape index (κ3) is 2.13. The second-order valence-electron chi connectivity index (χ2n) is 4.00. The van der Waals surface area contributed by atoms with Crippen molar-refractivity contribution in [1.82, 2.24) is 10.2 Å². The molecule has 4 nitrogen and oxygen atoms in total. The Labute approximate surface area is 114 Å². The van der Waals surface area contributed by atoms with Gasteiger partial charge in [-0.05, 0) is 25.1 Å². The van der Waals surface area contributed by atoms with Gasteiger partial charge in [-0.25, -0.2) is 4.79 Å². The van der Waals surface area contributed by atoms with E-state index in [9.17, 15) is 4.79 Å². The van der Waals surface area contributed by atoms with Gasteiger partial charge in [0.25, 0.3) is 0 Å². The molecule has 0 atom stereocenters. The van der Waals surface area contributed by atoms with Crippen LogP contribution in [0.2, 0.25) is 0 Å². The van der Waals surface area contributed by atoms with E-state index in [1.807, 2.05) is 30.3 Å². The van der Waals surface area contributed by atoms with Crippen molar-refractivity contribution in [3.63, 3.8) is 0 Å². The van der Waals surface area contributed by atoms with Gasteiger partial charge in [0.2, 0.25) is 0 Å². The first-order valence-corrected chi connectivity index (χ1v) is 6.81. The van der Waals surface area contributed by atoms with Gasteiger partial charge in [-0.1, -0.05) is 18.2 Å². The molecule has 0 saturated carbocycles. The monoisotopic (exact) mass is 272 g/mol. The van der Waals surface area contributed by atoms with E-state index in [0.717, 1.165) is 21.5 Å². The summed E-state index contributed by atoms with van der Waals surface area (Å²) in [6.45, 7) is 2.19. The highest BCUT2D eigenvalue weighted by Crippen LogP contribution is 2.31. The number of fused-ring (bicyclic) bond motifs is 1. The minimum atomic E-state index is -0.279. The van der Waals surface area contributed by atoms with Crippen LogP contribution in [0.5, 0.6) is 0 Å². The maximum absolute atomic E-state index is 11.7. The van der Waals surface area contributed by atoms with Gasteiger partial charge in [0.1, 0.15) is 10.6 Å². The lowest BCUT2D eigenvalue weighted by atomic mass is 10.2. The van der Waals surface area contributed by atoms with E-state index in [1.54, 1.807) is 13.0 Å². The van der Waals surface area contributed by atoms with Crippen molar-refractivity contribution < 1.29 is 9.53 Å². The Hall–Kier alpha value is -2.14. The maximum atomic E-state index is 11.7. The Kier molecular flexibility index (Phi) is 3.05. The number of rotatable bonds is 3. The molecule has 0 bridgehead atoms. The van der Waals surface area contributed by atoms with E-state index in [0.29, 0.717) is 11.5 Å². The first kappa shape index (κ1) is 11.9. The van der Waals surface area contributed by atoms with Crippen molar-refractivity contribution in [2.45, 2.75) is 6.92 Å². The van der Waals surface area contributed by atoms with E-state index in [4.69, 9.17) is 4.74 Å². The van der Waals surface area contributed by atoms with Crippen molar-refractivity contribution >= 4 is 28.2 Å². The van der Waals surface area contributed by atoms with Crippen LogP contribution in [-0.2, 0) is 4.74 Å². The molecule has 0 amide bonds. The second kappa shape index (κ2) is 4.85. The van der Waals surface area contributed by atoms with Crippen LogP contribution in [0, 0.1) is 0 Å². The lowest BCUT2D eigenvalue weighted by Crippen LogP contribution is -2.01. The Morgan fingerprint density at radius 2 is 2.16 bits per heavy atom. The SMILES string of the molecule is CCOC(=O)c1ccc(-c2n[nH]c3ccccc23)s1. The molecule has 1 aromatic carbocycles. The number of nitrogens with zero attached hydrogens (tertiary/aromatic N) is 1. The Balaban J connectivity index is 2.01. The van der Waals surface area contributed by atoms with Crippen LogP contribution in [-0.4, -0.2) is 22.8 Å². The van der Waals surface area contributed by atoms with Crippen molar-refractivity contribution in [3.05, 3.63) is 41.3 Å². The van der Waals surface area contributed by atoms with Crippen LogP contribution < -0.4 is 0 Å². The molecule has 5 heteroatoms. The van der Waals surface area contributed by atoms with Gasteiger partial charge in [0, 0.05) is 5.39 Å². The number of H-pyrrole nitrogens is 1. The van der Waals surface area contributed by atoms with E-state index in [2.05, 4.69) is 10.2 Å². The molecule has 2 aromatic heterocycles. The molecule has 2 heterocycles. The third-order valence-corrected chi connectivity index (χ3v) is 3.86. The lowest BCUT2D eigenvalue weighted by Gasteiger charge is -1.96. The number of esters is 1. The summed E-state index contributed by atoms with van der Waals surface area (Å²) in [5, 5.41) is 8.36. The number of aromatic amines is 1. The van der Waals surface area contributed by atoms with Crippen molar-refractivity contribution in [2.75, 3.05) is 6.61 Å². The Bertz CT molecular complexity index is 730. The zero-order chi connectivity index (χ0) is 13.2. The molecule has 3 aromatic rings. The van der Waals surface area contributed by atoms with Crippen LogP contribution >= 0.6 is 11.3 Å².